The van der Waals surface area contributed by atoms with E-state index in [4.69, 9.17) is 51.8 Å². The molecule has 0 bridgehead atoms. The van der Waals surface area contributed by atoms with E-state index in [1.165, 1.54) is 51.4 Å². The highest BCUT2D eigenvalue weighted by atomic mass is 35.6. The topological polar surface area (TPSA) is 62.4 Å². The van der Waals surface area contributed by atoms with Gasteiger partial charge in [0.25, 0.3) is 0 Å². The van der Waals surface area contributed by atoms with Crippen LogP contribution in [0.15, 0.2) is 24.3 Å². The quantitative estimate of drug-likeness (QED) is 0.0880. The molecule has 0 aliphatic carbocycles. The number of rotatable bonds is 16. The van der Waals surface area contributed by atoms with Crippen LogP contribution >= 0.6 is 47.0 Å². The van der Waals surface area contributed by atoms with Gasteiger partial charge in [-0.05, 0) is 42.9 Å². The van der Waals surface area contributed by atoms with E-state index in [1.54, 1.807) is 19.2 Å². The normalized spacial score (nSPS) is 12.2. The Kier molecular flexibility index (Phi) is 15.9. The van der Waals surface area contributed by atoms with Crippen molar-refractivity contribution in [3.8, 4) is 5.75 Å². The number of halogens is 3. The van der Waals surface area contributed by atoms with Crippen LogP contribution in [0.2, 0.25) is 0 Å². The third kappa shape index (κ3) is 14.8. The van der Waals surface area contributed by atoms with Crippen molar-refractivity contribution in [1.82, 2.24) is 10.6 Å². The number of ether oxygens (including phenoxy) is 1. The molecule has 1 aromatic rings. The Morgan fingerprint density at radius 3 is 1.91 bits per heavy atom. The summed E-state index contributed by atoms with van der Waals surface area (Å²) in [5.41, 5.74) is 0.739. The lowest BCUT2D eigenvalue weighted by Crippen LogP contribution is -2.56. The summed E-state index contributed by atoms with van der Waals surface area (Å²) in [4.78, 5) is 12.4. The maximum Gasteiger partial charge on any atom is 0.228 e. The van der Waals surface area contributed by atoms with Crippen LogP contribution in [-0.4, -0.2) is 28.1 Å². The van der Waals surface area contributed by atoms with Crippen LogP contribution in [0.5, 0.6) is 5.75 Å². The van der Waals surface area contributed by atoms with Crippen molar-refractivity contribution in [2.75, 3.05) is 12.4 Å². The molecule has 1 amide bonds. The summed E-state index contributed by atoms with van der Waals surface area (Å²) in [7, 11) is 1.60. The van der Waals surface area contributed by atoms with E-state index < -0.39 is 9.96 Å². The standard InChI is InChI=1S/C24H38Cl3N3O2S/c1-3-4-5-6-7-8-9-10-11-12-13-14-21(31)29-22(24(25,26)27)30-23(33)28-19-15-17-20(32-2)18-16-19/h15-18,22H,3-14H2,1-2H3,(H,29,31)(H2,28,30,33). The highest BCUT2D eigenvalue weighted by Crippen LogP contribution is 2.29. The Morgan fingerprint density at radius 1 is 0.909 bits per heavy atom. The molecule has 0 radical (unpaired) electrons. The van der Waals surface area contributed by atoms with Gasteiger partial charge in [0, 0.05) is 12.1 Å². The number of hydrogen-bond donors (Lipinski definition) is 3. The van der Waals surface area contributed by atoms with Crippen LogP contribution in [0.25, 0.3) is 0 Å². The third-order valence-electron chi connectivity index (χ3n) is 5.26. The van der Waals surface area contributed by atoms with Crippen molar-refractivity contribution in [2.24, 2.45) is 0 Å². The van der Waals surface area contributed by atoms with Gasteiger partial charge in [0.15, 0.2) is 5.11 Å². The molecule has 1 aromatic carbocycles. The van der Waals surface area contributed by atoms with Crippen LogP contribution in [-0.2, 0) is 4.79 Å². The smallest absolute Gasteiger partial charge is 0.228 e. The monoisotopic (exact) mass is 537 g/mol. The highest BCUT2D eigenvalue weighted by molar-refractivity contribution is 7.80. The van der Waals surface area contributed by atoms with Crippen molar-refractivity contribution in [2.45, 2.75) is 93.9 Å². The fourth-order valence-electron chi connectivity index (χ4n) is 3.36. The number of alkyl halides is 3. The molecule has 1 unspecified atom stereocenters. The zero-order valence-electron chi connectivity index (χ0n) is 19.7. The zero-order valence-corrected chi connectivity index (χ0v) is 22.8. The second-order valence-electron chi connectivity index (χ2n) is 8.15. The number of carbonyl (C=O) groups is 1. The van der Waals surface area contributed by atoms with Gasteiger partial charge in [-0.25, -0.2) is 0 Å². The van der Waals surface area contributed by atoms with Gasteiger partial charge >= 0.3 is 0 Å². The number of unbranched alkanes of at least 4 members (excludes halogenated alkanes) is 10. The first-order valence-electron chi connectivity index (χ1n) is 11.8. The first-order valence-corrected chi connectivity index (χ1v) is 13.4. The molecule has 0 fully saturated rings. The minimum absolute atomic E-state index is 0.179. The summed E-state index contributed by atoms with van der Waals surface area (Å²) in [6.07, 6.45) is 12.9. The summed E-state index contributed by atoms with van der Waals surface area (Å²) >= 11 is 23.5. The van der Waals surface area contributed by atoms with E-state index >= 15 is 0 Å². The van der Waals surface area contributed by atoms with Gasteiger partial charge in [-0.3, -0.25) is 4.79 Å². The summed E-state index contributed by atoms with van der Waals surface area (Å²) in [6, 6.07) is 7.21. The zero-order chi connectivity index (χ0) is 24.5. The molecule has 0 aliphatic heterocycles. The summed E-state index contributed by atoms with van der Waals surface area (Å²) < 4.78 is 3.37. The number of carbonyl (C=O) groups excluding carboxylic acids is 1. The van der Waals surface area contributed by atoms with E-state index in [9.17, 15) is 4.79 Å². The van der Waals surface area contributed by atoms with Gasteiger partial charge in [0.1, 0.15) is 11.9 Å². The van der Waals surface area contributed by atoms with Crippen LogP contribution in [0.1, 0.15) is 84.0 Å². The number of methoxy groups -OCH3 is 1. The van der Waals surface area contributed by atoms with Gasteiger partial charge in [-0.15, -0.1) is 0 Å². The molecule has 1 atom stereocenters. The number of benzene rings is 1. The fraction of sp³-hybridized carbons (Fsp3) is 0.667. The predicted molar refractivity (Wildman–Crippen MR) is 146 cm³/mol. The number of anilines is 1. The molecule has 1 rings (SSSR count). The molecule has 0 heterocycles. The summed E-state index contributed by atoms with van der Waals surface area (Å²) in [6.45, 7) is 2.24. The molecule has 33 heavy (non-hydrogen) atoms. The van der Waals surface area contributed by atoms with Gasteiger partial charge in [-0.2, -0.15) is 0 Å². The fourth-order valence-corrected chi connectivity index (χ4v) is 3.92. The molecule has 0 saturated carbocycles. The van der Waals surface area contributed by atoms with Gasteiger partial charge in [0.2, 0.25) is 9.70 Å². The highest BCUT2D eigenvalue weighted by Gasteiger charge is 2.34. The minimum Gasteiger partial charge on any atom is -0.497 e. The van der Waals surface area contributed by atoms with Crippen LogP contribution in [0.4, 0.5) is 5.69 Å². The van der Waals surface area contributed by atoms with E-state index in [-0.39, 0.29) is 11.0 Å². The van der Waals surface area contributed by atoms with E-state index in [0.717, 1.165) is 30.7 Å². The predicted octanol–water partition coefficient (Wildman–Crippen LogP) is 7.50. The molecule has 5 nitrogen and oxygen atoms in total. The Morgan fingerprint density at radius 2 is 1.42 bits per heavy atom. The van der Waals surface area contributed by atoms with E-state index in [1.807, 2.05) is 12.1 Å². The lowest BCUT2D eigenvalue weighted by molar-refractivity contribution is -0.122. The van der Waals surface area contributed by atoms with Crippen LogP contribution in [0, 0.1) is 0 Å². The van der Waals surface area contributed by atoms with Gasteiger partial charge in [0.05, 0.1) is 7.11 Å². The first kappa shape index (κ1) is 30.1. The Bertz CT molecular complexity index is 685. The van der Waals surface area contributed by atoms with Crippen molar-refractivity contribution in [3.05, 3.63) is 24.3 Å². The molecular weight excluding hydrogens is 501 g/mol. The maximum absolute atomic E-state index is 12.4. The van der Waals surface area contributed by atoms with Crippen LogP contribution < -0.4 is 20.7 Å². The van der Waals surface area contributed by atoms with E-state index in [0.29, 0.717) is 6.42 Å². The average Bonchev–Trinajstić information content (AvgIpc) is 2.77. The Hall–Kier alpha value is -0.950. The minimum atomic E-state index is -1.77. The summed E-state index contributed by atoms with van der Waals surface area (Å²) in [5.74, 6) is 0.551. The number of amides is 1. The Labute approximate surface area is 219 Å². The Balaban J connectivity index is 2.27. The molecule has 188 valence electrons. The second kappa shape index (κ2) is 17.5. The van der Waals surface area contributed by atoms with Crippen molar-refractivity contribution < 1.29 is 9.53 Å². The molecule has 0 aliphatic rings. The van der Waals surface area contributed by atoms with E-state index in [2.05, 4.69) is 22.9 Å². The van der Waals surface area contributed by atoms with Crippen molar-refractivity contribution in [3.63, 3.8) is 0 Å². The molecule has 0 aromatic heterocycles. The first-order chi connectivity index (χ1) is 15.8. The number of thiocarbonyl (C=S) groups is 1. The number of hydrogen-bond acceptors (Lipinski definition) is 3. The molecule has 3 N–H and O–H groups in total. The lowest BCUT2D eigenvalue weighted by atomic mass is 10.1. The van der Waals surface area contributed by atoms with Gasteiger partial charge in [-0.1, -0.05) is 106 Å². The molecule has 0 saturated heterocycles. The average molecular weight is 539 g/mol. The second-order valence-corrected chi connectivity index (χ2v) is 10.9. The maximum atomic E-state index is 12.4. The van der Waals surface area contributed by atoms with Crippen LogP contribution in [0.3, 0.4) is 0 Å². The third-order valence-corrected chi connectivity index (χ3v) is 6.14. The SMILES string of the molecule is CCCCCCCCCCCCCC(=O)NC(NC(=S)Nc1ccc(OC)cc1)C(Cl)(Cl)Cl. The van der Waals surface area contributed by atoms with Crippen molar-refractivity contribution >= 4 is 63.7 Å². The lowest BCUT2D eigenvalue weighted by Gasteiger charge is -2.27. The summed E-state index contributed by atoms with van der Waals surface area (Å²) in [5, 5.41) is 8.83. The molecule has 9 heteroatoms. The van der Waals surface area contributed by atoms with Gasteiger partial charge < -0.3 is 20.7 Å². The largest absolute Gasteiger partial charge is 0.497 e. The molecule has 0 spiro atoms. The van der Waals surface area contributed by atoms with Crippen molar-refractivity contribution in [1.29, 1.82) is 0 Å². The number of nitrogens with one attached hydrogen (secondary N) is 3. The molecular formula is C24H38Cl3N3O2S.